The lowest BCUT2D eigenvalue weighted by molar-refractivity contribution is -0.219. The molecule has 5 N–H and O–H groups in total. The third kappa shape index (κ3) is 7.96. The molecule has 4 aliphatic carbocycles. The number of carbonyl (C=O) groups excluding carboxylic acids is 4. The lowest BCUT2D eigenvalue weighted by Crippen LogP contribution is -2.70. The zero-order valence-corrected chi connectivity index (χ0v) is 29.4. The highest BCUT2D eigenvalue weighted by Gasteiger charge is 2.75. The summed E-state index contributed by atoms with van der Waals surface area (Å²) < 4.78 is 47.4. The van der Waals surface area contributed by atoms with E-state index in [1.165, 1.54) is 12.2 Å². The van der Waals surface area contributed by atoms with E-state index in [1.54, 1.807) is 26.8 Å². The van der Waals surface area contributed by atoms with Crippen molar-refractivity contribution in [3.8, 4) is 0 Å². The number of allylic oxidation sites excluding steroid dienone is 4. The Kier molecular flexibility index (Phi) is 13.7. The highest BCUT2D eigenvalue weighted by molar-refractivity contribution is 6.07. The van der Waals surface area contributed by atoms with Gasteiger partial charge in [-0.3, -0.25) is 19.3 Å². The van der Waals surface area contributed by atoms with Crippen LogP contribution in [0.25, 0.3) is 0 Å². The second-order valence-electron chi connectivity index (χ2n) is 13.6. The molecule has 3 amide bonds. The molecule has 0 radical (unpaired) electrons. The fourth-order valence-corrected chi connectivity index (χ4v) is 8.51. The lowest BCUT2D eigenvalue weighted by Gasteiger charge is -2.62. The maximum atomic E-state index is 17.3. The van der Waals surface area contributed by atoms with Gasteiger partial charge in [-0.15, -0.1) is 0 Å². The average Bonchev–Trinajstić information content (AvgIpc) is 3.28. The second kappa shape index (κ2) is 17.1. The molecule has 0 saturated heterocycles. The number of fused-ring (bicyclic) bond motifs is 5. The van der Waals surface area contributed by atoms with Gasteiger partial charge < -0.3 is 39.2 Å². The number of alkyl halides is 1. The predicted octanol–water partition coefficient (Wildman–Crippen LogP) is 2.04. The minimum absolute atomic E-state index is 0.0337. The van der Waals surface area contributed by atoms with E-state index in [9.17, 15) is 29.4 Å². The molecular formula is C33H49ClFN3O12. The van der Waals surface area contributed by atoms with Crippen LogP contribution in [0.5, 0.6) is 0 Å². The number of ketones is 1. The molecule has 4 aliphatic rings. The molecule has 0 spiro atoms. The van der Waals surface area contributed by atoms with Crippen LogP contribution in [0, 0.1) is 28.6 Å². The van der Waals surface area contributed by atoms with E-state index in [1.807, 2.05) is 0 Å². The maximum absolute atomic E-state index is 17.3. The van der Waals surface area contributed by atoms with Gasteiger partial charge in [-0.25, -0.2) is 19.4 Å². The number of hydrazine groups is 1. The molecule has 17 heteroatoms. The number of rotatable bonds is 16. The molecule has 0 aromatic heterocycles. The van der Waals surface area contributed by atoms with Gasteiger partial charge in [0.05, 0.1) is 64.2 Å². The van der Waals surface area contributed by atoms with Crippen LogP contribution in [0.4, 0.5) is 14.0 Å². The number of nitrogens with one attached hydrogen (secondary N) is 3. The summed E-state index contributed by atoms with van der Waals surface area (Å²) >= 11 is 5.05. The third-order valence-electron chi connectivity index (χ3n) is 11.0. The van der Waals surface area contributed by atoms with Gasteiger partial charge >= 0.3 is 12.2 Å². The van der Waals surface area contributed by atoms with Crippen molar-refractivity contribution in [1.29, 1.82) is 0 Å². The van der Waals surface area contributed by atoms with Crippen LogP contribution in [-0.2, 0) is 37.6 Å². The molecular weight excluding hydrogens is 685 g/mol. The second-order valence-corrected chi connectivity index (χ2v) is 13.8. The molecule has 3 fully saturated rings. The number of aliphatic hydroxyl groups excluding tert-OH is 1. The van der Waals surface area contributed by atoms with E-state index >= 15 is 4.39 Å². The Balaban J connectivity index is 1.14. The summed E-state index contributed by atoms with van der Waals surface area (Å²) in [7, 11) is 0. The summed E-state index contributed by atoms with van der Waals surface area (Å²) in [5.74, 6) is -2.84. The Hall–Kier alpha value is -2.86. The summed E-state index contributed by atoms with van der Waals surface area (Å²) in [6, 6.07) is 0. The van der Waals surface area contributed by atoms with Crippen molar-refractivity contribution < 1.29 is 61.8 Å². The van der Waals surface area contributed by atoms with Gasteiger partial charge in [0, 0.05) is 23.3 Å². The van der Waals surface area contributed by atoms with Gasteiger partial charge in [-0.2, -0.15) is 0 Å². The quantitative estimate of drug-likeness (QED) is 0.114. The van der Waals surface area contributed by atoms with Gasteiger partial charge in [-0.05, 0) is 56.6 Å². The van der Waals surface area contributed by atoms with Crippen molar-refractivity contribution in [2.45, 2.75) is 63.8 Å². The number of alkyl carbamates (subject to hydrolysis) is 1. The van der Waals surface area contributed by atoms with Crippen LogP contribution < -0.4 is 16.2 Å². The number of hydrogen-bond donors (Lipinski definition) is 5. The first-order valence-electron chi connectivity index (χ1n) is 16.9. The Bertz CT molecular complexity index is 1310. The third-order valence-corrected chi connectivity index (χ3v) is 11.1. The standard InChI is InChI=1S/C33H49ClFN3O12/c1-21-18-25-24-5-4-22-19-23(39)6-7-30(22,2)32(24,35)26(40)20-31(25,3)33(21,44)27(41)37-38-29(43)49-16-13-47-11-10-46-12-15-48-28(42)36-8-9-45-14-17-50-34/h6-7,19,21,24-26,40,44H,4-5,8-18,20H2,1-3H3,(H,36,42)(H,37,41)(H,38,43)/t21-,24+,25?,26+,30+,31+,32+,33+/m1/s1. The van der Waals surface area contributed by atoms with Crippen molar-refractivity contribution in [2.24, 2.45) is 28.6 Å². The Morgan fingerprint density at radius 1 is 0.940 bits per heavy atom. The van der Waals surface area contributed by atoms with E-state index in [0.717, 1.165) is 0 Å². The summed E-state index contributed by atoms with van der Waals surface area (Å²) in [4.78, 5) is 49.4. The Morgan fingerprint density at radius 2 is 1.56 bits per heavy atom. The molecule has 50 heavy (non-hydrogen) atoms. The summed E-state index contributed by atoms with van der Waals surface area (Å²) in [6.45, 7) is 6.65. The monoisotopic (exact) mass is 733 g/mol. The number of aliphatic hydroxyl groups is 2. The van der Waals surface area contributed by atoms with Crippen molar-refractivity contribution in [3.05, 3.63) is 23.8 Å². The van der Waals surface area contributed by atoms with E-state index in [4.69, 9.17) is 35.6 Å². The minimum atomic E-state index is -2.10. The van der Waals surface area contributed by atoms with Crippen molar-refractivity contribution in [2.75, 3.05) is 66.0 Å². The first-order valence-corrected chi connectivity index (χ1v) is 17.2. The summed E-state index contributed by atoms with van der Waals surface area (Å²) in [5, 5.41) is 25.9. The smallest absolute Gasteiger partial charge is 0.426 e. The molecule has 282 valence electrons. The van der Waals surface area contributed by atoms with Crippen molar-refractivity contribution in [1.82, 2.24) is 16.2 Å². The minimum Gasteiger partial charge on any atom is -0.447 e. The largest absolute Gasteiger partial charge is 0.447 e. The highest BCUT2D eigenvalue weighted by atomic mass is 35.5. The first-order chi connectivity index (χ1) is 23.8. The SMILES string of the molecule is C[C@@H]1CC2[C@@H]3CCC4=CC(=O)C=C[C@]4(C)[C@@]3(F)[C@@H](O)C[C@]2(C)[C@@]1(O)C(=O)NNC(=O)OCCOCCOCCOC(=O)NCCOCCOCl. The van der Waals surface area contributed by atoms with Crippen molar-refractivity contribution >= 4 is 35.7 Å². The van der Waals surface area contributed by atoms with E-state index < -0.39 is 64.1 Å². The molecule has 3 saturated carbocycles. The van der Waals surface area contributed by atoms with E-state index in [0.29, 0.717) is 31.4 Å². The molecule has 15 nitrogen and oxygen atoms in total. The normalized spacial score (nSPS) is 34.1. The van der Waals surface area contributed by atoms with E-state index in [2.05, 4.69) is 20.5 Å². The molecule has 0 aromatic rings. The van der Waals surface area contributed by atoms with Crippen molar-refractivity contribution in [3.63, 3.8) is 0 Å². The van der Waals surface area contributed by atoms with Crippen LogP contribution in [0.2, 0.25) is 0 Å². The van der Waals surface area contributed by atoms with Crippen LogP contribution in [0.1, 0.15) is 46.5 Å². The van der Waals surface area contributed by atoms with Crippen LogP contribution >= 0.6 is 11.9 Å². The van der Waals surface area contributed by atoms with Gasteiger partial charge in [-0.1, -0.05) is 25.5 Å². The predicted molar refractivity (Wildman–Crippen MR) is 174 cm³/mol. The van der Waals surface area contributed by atoms with Gasteiger partial charge in [0.15, 0.2) is 17.1 Å². The molecule has 8 atom stereocenters. The van der Waals surface area contributed by atoms with Crippen LogP contribution in [-0.4, -0.2) is 117 Å². The molecule has 0 bridgehead atoms. The molecule has 4 rings (SSSR count). The first kappa shape index (κ1) is 39.9. The fourth-order valence-electron chi connectivity index (χ4n) is 8.45. The highest BCUT2D eigenvalue weighted by Crippen LogP contribution is 2.70. The lowest BCUT2D eigenvalue weighted by atomic mass is 9.44. The molecule has 0 aromatic carbocycles. The van der Waals surface area contributed by atoms with Gasteiger partial charge in [0.2, 0.25) is 0 Å². The van der Waals surface area contributed by atoms with Crippen LogP contribution in [0.15, 0.2) is 23.8 Å². The number of halogens is 2. The average molecular weight is 734 g/mol. The summed E-state index contributed by atoms with van der Waals surface area (Å²) in [5.41, 5.74) is -1.48. The number of carbonyl (C=O) groups is 4. The zero-order chi connectivity index (χ0) is 36.6. The van der Waals surface area contributed by atoms with Gasteiger partial charge in [0.1, 0.15) is 13.2 Å². The number of hydrogen-bond acceptors (Lipinski definition) is 12. The number of amides is 3. The fraction of sp³-hybridized carbons (Fsp3) is 0.758. The number of ether oxygens (including phenoxy) is 5. The topological polar surface area (TPSA) is 200 Å². The molecule has 0 aliphatic heterocycles. The molecule has 0 heterocycles. The Morgan fingerprint density at radius 3 is 2.24 bits per heavy atom. The maximum Gasteiger partial charge on any atom is 0.426 e. The zero-order valence-electron chi connectivity index (χ0n) is 28.7. The summed E-state index contributed by atoms with van der Waals surface area (Å²) in [6.07, 6.45) is 2.20. The molecule has 1 unspecified atom stereocenters. The van der Waals surface area contributed by atoms with Gasteiger partial charge in [0.25, 0.3) is 5.91 Å². The van der Waals surface area contributed by atoms with Crippen LogP contribution in [0.3, 0.4) is 0 Å². The van der Waals surface area contributed by atoms with E-state index in [-0.39, 0.29) is 71.6 Å². The Labute approximate surface area is 295 Å².